The van der Waals surface area contributed by atoms with Crippen LogP contribution in [0.15, 0.2) is 66.3 Å². The summed E-state index contributed by atoms with van der Waals surface area (Å²) in [7, 11) is 0. The van der Waals surface area contributed by atoms with Gasteiger partial charge in [-0.15, -0.1) is 0 Å². The fourth-order valence-corrected chi connectivity index (χ4v) is 3.13. The molecule has 0 heterocycles. The Kier molecular flexibility index (Phi) is 3.90. The molecule has 1 N–H and O–H groups in total. The van der Waals surface area contributed by atoms with Crippen LogP contribution in [0.5, 0.6) is 0 Å². The van der Waals surface area contributed by atoms with E-state index in [0.29, 0.717) is 11.3 Å². The number of nitrogens with zero attached hydrogens (tertiary/aromatic N) is 2. The fourth-order valence-electron chi connectivity index (χ4n) is 3.13. The first-order valence-corrected chi connectivity index (χ1v) is 7.58. The van der Waals surface area contributed by atoms with Crippen molar-refractivity contribution < 1.29 is 4.79 Å². The van der Waals surface area contributed by atoms with Crippen molar-refractivity contribution in [1.82, 2.24) is 0 Å². The predicted octanol–water partition coefficient (Wildman–Crippen LogP) is 3.74. The van der Waals surface area contributed by atoms with Gasteiger partial charge in [-0.25, -0.2) is 0 Å². The molecular formula is C20H15N3O. The maximum atomic E-state index is 11.1. The summed E-state index contributed by atoms with van der Waals surface area (Å²) < 4.78 is 0. The summed E-state index contributed by atoms with van der Waals surface area (Å²) in [5.41, 5.74) is 1.88. The molecule has 0 saturated heterocycles. The number of fused-ring (bicyclic) bond motifs is 1. The van der Waals surface area contributed by atoms with Gasteiger partial charge in [-0.3, -0.25) is 4.79 Å². The molecule has 24 heavy (non-hydrogen) atoms. The zero-order valence-corrected chi connectivity index (χ0v) is 13.2. The summed E-state index contributed by atoms with van der Waals surface area (Å²) in [6.07, 6.45) is 11.4. The van der Waals surface area contributed by atoms with Crippen molar-refractivity contribution in [2.45, 2.75) is 6.92 Å². The van der Waals surface area contributed by atoms with Gasteiger partial charge in [-0.1, -0.05) is 48.6 Å². The van der Waals surface area contributed by atoms with Crippen molar-refractivity contribution in [3.8, 4) is 12.1 Å². The van der Waals surface area contributed by atoms with Crippen LogP contribution in [0, 0.1) is 34.0 Å². The molecule has 1 atom stereocenters. The minimum atomic E-state index is -1.25. The van der Waals surface area contributed by atoms with Crippen LogP contribution in [0.4, 0.5) is 5.69 Å². The molecule has 4 nitrogen and oxygen atoms in total. The van der Waals surface area contributed by atoms with Crippen molar-refractivity contribution in [2.75, 3.05) is 5.32 Å². The Balaban J connectivity index is 2.07. The Morgan fingerprint density at radius 1 is 1.12 bits per heavy atom. The molecule has 0 aromatic heterocycles. The van der Waals surface area contributed by atoms with Crippen LogP contribution >= 0.6 is 0 Å². The second kappa shape index (κ2) is 6.02. The first-order valence-electron chi connectivity index (χ1n) is 7.58. The van der Waals surface area contributed by atoms with Crippen LogP contribution in [0.2, 0.25) is 0 Å². The van der Waals surface area contributed by atoms with Crippen LogP contribution in [0.25, 0.3) is 5.57 Å². The third-order valence-corrected chi connectivity index (χ3v) is 4.24. The van der Waals surface area contributed by atoms with Crippen LogP contribution < -0.4 is 5.32 Å². The molecular weight excluding hydrogens is 298 g/mol. The minimum absolute atomic E-state index is 0.143. The summed E-state index contributed by atoms with van der Waals surface area (Å²) >= 11 is 0. The Bertz CT molecular complexity index is 872. The Hall–Kier alpha value is -3.37. The highest BCUT2D eigenvalue weighted by molar-refractivity contribution is 5.89. The van der Waals surface area contributed by atoms with Crippen molar-refractivity contribution >= 4 is 17.2 Å². The summed E-state index contributed by atoms with van der Waals surface area (Å²) in [5, 5.41) is 22.3. The van der Waals surface area contributed by atoms with E-state index in [2.05, 4.69) is 17.5 Å². The Morgan fingerprint density at radius 3 is 2.46 bits per heavy atom. The maximum Gasteiger partial charge on any atom is 0.221 e. The number of hydrogen-bond acceptors (Lipinski definition) is 3. The lowest BCUT2D eigenvalue weighted by Crippen LogP contribution is -2.24. The zero-order valence-electron chi connectivity index (χ0n) is 13.2. The third kappa shape index (κ3) is 2.45. The first-order chi connectivity index (χ1) is 11.6. The lowest BCUT2D eigenvalue weighted by Gasteiger charge is -2.23. The quantitative estimate of drug-likeness (QED) is 0.903. The third-order valence-electron chi connectivity index (χ3n) is 4.24. The van der Waals surface area contributed by atoms with Gasteiger partial charge >= 0.3 is 0 Å². The van der Waals surface area contributed by atoms with Crippen LogP contribution in [0.3, 0.4) is 0 Å². The lowest BCUT2D eigenvalue weighted by molar-refractivity contribution is -0.114. The van der Waals surface area contributed by atoms with Gasteiger partial charge in [0, 0.05) is 18.5 Å². The zero-order chi connectivity index (χ0) is 17.2. The monoisotopic (exact) mass is 313 g/mol. The molecule has 0 fully saturated rings. The topological polar surface area (TPSA) is 76.7 Å². The van der Waals surface area contributed by atoms with E-state index in [-0.39, 0.29) is 11.8 Å². The van der Waals surface area contributed by atoms with Crippen molar-refractivity contribution in [1.29, 1.82) is 10.5 Å². The number of benzene rings is 1. The second-order valence-electron chi connectivity index (χ2n) is 5.76. The SMILES string of the molecule is CC(=O)Nc1ccc(C2=CC3=CC=CC=CC3C2(C#N)C#N)cc1. The van der Waals surface area contributed by atoms with E-state index in [4.69, 9.17) is 0 Å². The largest absolute Gasteiger partial charge is 0.326 e. The molecule has 0 bridgehead atoms. The van der Waals surface area contributed by atoms with E-state index in [1.807, 2.05) is 48.6 Å². The Labute approximate surface area is 140 Å². The predicted molar refractivity (Wildman–Crippen MR) is 92.2 cm³/mol. The van der Waals surface area contributed by atoms with Crippen molar-refractivity contribution in [3.05, 3.63) is 71.9 Å². The smallest absolute Gasteiger partial charge is 0.221 e. The molecule has 3 rings (SSSR count). The van der Waals surface area contributed by atoms with Gasteiger partial charge in [0.1, 0.15) is 0 Å². The average Bonchev–Trinajstić information content (AvgIpc) is 2.71. The van der Waals surface area contributed by atoms with E-state index >= 15 is 0 Å². The fraction of sp³-hybridized carbons (Fsp3) is 0.150. The summed E-state index contributed by atoms with van der Waals surface area (Å²) in [4.78, 5) is 11.1. The number of carbonyl (C=O) groups is 1. The molecule has 1 aromatic carbocycles. The average molecular weight is 313 g/mol. The Morgan fingerprint density at radius 2 is 1.83 bits per heavy atom. The molecule has 0 radical (unpaired) electrons. The van der Waals surface area contributed by atoms with Gasteiger partial charge < -0.3 is 5.32 Å². The number of rotatable bonds is 2. The van der Waals surface area contributed by atoms with E-state index < -0.39 is 5.41 Å². The normalized spacial score (nSPS) is 20.0. The number of nitrogens with one attached hydrogen (secondary N) is 1. The van der Waals surface area contributed by atoms with Gasteiger partial charge in [0.25, 0.3) is 0 Å². The highest BCUT2D eigenvalue weighted by Gasteiger charge is 2.48. The number of nitriles is 2. The molecule has 2 aliphatic carbocycles. The highest BCUT2D eigenvalue weighted by Crippen LogP contribution is 2.51. The van der Waals surface area contributed by atoms with E-state index in [1.54, 1.807) is 12.1 Å². The number of amides is 1. The van der Waals surface area contributed by atoms with Crippen LogP contribution in [-0.4, -0.2) is 5.91 Å². The molecule has 0 spiro atoms. The molecule has 1 aromatic rings. The van der Waals surface area contributed by atoms with Crippen molar-refractivity contribution in [2.24, 2.45) is 11.3 Å². The standard InChI is InChI=1S/C20H15N3O/c1-14(24)23-17-9-7-15(8-10-17)19-11-16-5-3-2-4-6-18(16)20(19,12-21)13-22/h2-11,18H,1H3,(H,23,24). The van der Waals surface area contributed by atoms with Crippen molar-refractivity contribution in [3.63, 3.8) is 0 Å². The molecule has 0 saturated carbocycles. The van der Waals surface area contributed by atoms with Crippen LogP contribution in [0.1, 0.15) is 12.5 Å². The summed E-state index contributed by atoms with van der Waals surface area (Å²) in [6.45, 7) is 1.45. The van der Waals surface area contributed by atoms with E-state index in [9.17, 15) is 15.3 Å². The summed E-state index contributed by atoms with van der Waals surface area (Å²) in [6, 6.07) is 11.7. The highest BCUT2D eigenvalue weighted by atomic mass is 16.1. The molecule has 1 amide bonds. The van der Waals surface area contributed by atoms with Gasteiger partial charge in [-0.05, 0) is 28.8 Å². The van der Waals surface area contributed by atoms with Gasteiger partial charge in [0.2, 0.25) is 5.91 Å². The van der Waals surface area contributed by atoms with E-state index in [0.717, 1.165) is 11.1 Å². The first kappa shape index (κ1) is 15.5. The van der Waals surface area contributed by atoms with E-state index in [1.165, 1.54) is 6.92 Å². The maximum absolute atomic E-state index is 11.1. The molecule has 4 heteroatoms. The number of carbonyl (C=O) groups excluding carboxylic acids is 1. The summed E-state index contributed by atoms with van der Waals surface area (Å²) in [5.74, 6) is -0.428. The minimum Gasteiger partial charge on any atom is -0.326 e. The molecule has 2 aliphatic rings. The number of hydrogen-bond donors (Lipinski definition) is 1. The van der Waals surface area contributed by atoms with Gasteiger partial charge in [0.05, 0.1) is 12.1 Å². The molecule has 116 valence electrons. The second-order valence-corrected chi connectivity index (χ2v) is 5.76. The number of allylic oxidation sites excluding steroid dienone is 8. The van der Waals surface area contributed by atoms with Gasteiger partial charge in [-0.2, -0.15) is 10.5 Å². The number of anilines is 1. The lowest BCUT2D eigenvalue weighted by atomic mass is 9.73. The molecule has 0 aliphatic heterocycles. The molecule has 1 unspecified atom stereocenters. The van der Waals surface area contributed by atoms with Gasteiger partial charge in [0.15, 0.2) is 5.41 Å². The van der Waals surface area contributed by atoms with Crippen LogP contribution in [-0.2, 0) is 4.79 Å².